The highest BCUT2D eigenvalue weighted by molar-refractivity contribution is 14.1. The fourth-order valence-corrected chi connectivity index (χ4v) is 4.23. The summed E-state index contributed by atoms with van der Waals surface area (Å²) in [6, 6.07) is 7.10. The number of likely N-dealkylation sites (N-methyl/N-ethyl adjacent to an activating group) is 1. The smallest absolute Gasteiger partial charge is 0.342 e. The van der Waals surface area contributed by atoms with Gasteiger partial charge in [-0.15, -0.1) is 0 Å². The first kappa shape index (κ1) is 17.2. The van der Waals surface area contributed by atoms with E-state index in [1.165, 1.54) is 11.3 Å². The zero-order valence-corrected chi connectivity index (χ0v) is 16.7. The standard InChI is InChI=1S/C14H13BrIN3O3S/c1-18-7-12(19(21,8-18)14-17-6-11(15)23-14)22-13(20)9-3-2-4-10(16)5-9/h2-6,12H,7-8H2,1H3. The summed E-state index contributed by atoms with van der Waals surface area (Å²) in [5, 5.41) is 13.6. The lowest BCUT2D eigenvalue weighted by molar-refractivity contribution is 0.00569. The molecule has 9 heteroatoms. The van der Waals surface area contributed by atoms with Crippen LogP contribution in [0.2, 0.25) is 0 Å². The lowest BCUT2D eigenvalue weighted by Gasteiger charge is -2.38. The maximum atomic E-state index is 13.2. The van der Waals surface area contributed by atoms with Crippen molar-refractivity contribution in [2.24, 2.45) is 0 Å². The molecule has 1 fully saturated rings. The van der Waals surface area contributed by atoms with Gasteiger partial charge in [0.05, 0.1) is 22.1 Å². The van der Waals surface area contributed by atoms with Gasteiger partial charge in [0.15, 0.2) is 0 Å². The first-order valence-electron chi connectivity index (χ1n) is 6.74. The second-order valence-corrected chi connectivity index (χ2v) is 8.93. The van der Waals surface area contributed by atoms with Crippen molar-refractivity contribution in [3.8, 4) is 0 Å². The van der Waals surface area contributed by atoms with Gasteiger partial charge in [0, 0.05) is 3.57 Å². The van der Waals surface area contributed by atoms with Crippen molar-refractivity contribution in [1.29, 1.82) is 0 Å². The van der Waals surface area contributed by atoms with Gasteiger partial charge in [-0.25, -0.2) is 9.69 Å². The van der Waals surface area contributed by atoms with Gasteiger partial charge in [0.25, 0.3) is 11.4 Å². The molecule has 0 spiro atoms. The Balaban J connectivity index is 1.84. The number of hydroxylamine groups is 2. The number of hydrogen-bond donors (Lipinski definition) is 0. The van der Waals surface area contributed by atoms with Crippen LogP contribution in [0.25, 0.3) is 0 Å². The van der Waals surface area contributed by atoms with Crippen LogP contribution in [0.3, 0.4) is 0 Å². The highest BCUT2D eigenvalue weighted by Gasteiger charge is 2.44. The molecule has 0 saturated carbocycles. The number of hydrogen-bond acceptors (Lipinski definition) is 6. The maximum absolute atomic E-state index is 13.2. The molecule has 23 heavy (non-hydrogen) atoms. The van der Waals surface area contributed by atoms with Crippen molar-refractivity contribution < 1.29 is 9.53 Å². The molecule has 2 aromatic rings. The summed E-state index contributed by atoms with van der Waals surface area (Å²) in [6.07, 6.45) is 0.762. The highest BCUT2D eigenvalue weighted by atomic mass is 127. The summed E-state index contributed by atoms with van der Waals surface area (Å²) in [5.41, 5.74) is 0.443. The van der Waals surface area contributed by atoms with Gasteiger partial charge < -0.3 is 9.94 Å². The number of ether oxygens (including phenoxy) is 1. The number of carbonyl (C=O) groups is 1. The first-order valence-corrected chi connectivity index (χ1v) is 9.43. The quantitative estimate of drug-likeness (QED) is 0.274. The Morgan fingerprint density at radius 1 is 1.61 bits per heavy atom. The Bertz CT molecular complexity index is 744. The number of benzene rings is 1. The van der Waals surface area contributed by atoms with Crippen molar-refractivity contribution >= 4 is 61.0 Å². The van der Waals surface area contributed by atoms with Crippen molar-refractivity contribution in [3.63, 3.8) is 0 Å². The average Bonchev–Trinajstić information content (AvgIpc) is 3.04. The number of nitrogens with zero attached hydrogens (tertiary/aromatic N) is 3. The van der Waals surface area contributed by atoms with E-state index in [4.69, 9.17) is 4.74 Å². The zero-order valence-electron chi connectivity index (χ0n) is 12.1. The fraction of sp³-hybridized carbons (Fsp3) is 0.286. The third-order valence-corrected chi connectivity index (χ3v) is 5.74. The SMILES string of the molecule is CN1CC(OC(=O)c2cccc(I)c2)[N+]([O-])(c2ncc(Br)s2)C1. The van der Waals surface area contributed by atoms with E-state index in [1.807, 2.05) is 18.0 Å². The van der Waals surface area contributed by atoms with Crippen LogP contribution in [0.15, 0.2) is 34.2 Å². The predicted molar refractivity (Wildman–Crippen MR) is 101 cm³/mol. The first-order chi connectivity index (χ1) is 10.9. The number of quaternary nitrogens is 1. The number of halogens is 2. The zero-order chi connectivity index (χ0) is 16.6. The van der Waals surface area contributed by atoms with Gasteiger partial charge in [-0.1, -0.05) is 6.07 Å². The summed E-state index contributed by atoms with van der Waals surface area (Å²) in [7, 11) is 1.83. The molecular formula is C14H13BrIN3O3S. The van der Waals surface area contributed by atoms with E-state index in [9.17, 15) is 10.0 Å². The van der Waals surface area contributed by atoms with Crippen LogP contribution in [-0.2, 0) is 4.74 Å². The fourth-order valence-electron chi connectivity index (χ4n) is 2.44. The van der Waals surface area contributed by atoms with Crippen LogP contribution in [-0.4, -0.2) is 42.3 Å². The number of thiazole rings is 1. The Morgan fingerprint density at radius 2 is 2.39 bits per heavy atom. The minimum absolute atomic E-state index is 0.199. The molecule has 0 amide bonds. The minimum atomic E-state index is -0.830. The third kappa shape index (κ3) is 3.59. The number of rotatable bonds is 3. The molecule has 1 aromatic carbocycles. The lowest BCUT2D eigenvalue weighted by Crippen LogP contribution is -2.50. The summed E-state index contributed by atoms with van der Waals surface area (Å²) >= 11 is 6.71. The second-order valence-electron chi connectivity index (χ2n) is 5.29. The number of carbonyl (C=O) groups excluding carboxylic acids is 1. The molecule has 1 aliphatic heterocycles. The molecule has 2 atom stereocenters. The van der Waals surface area contributed by atoms with Gasteiger partial charge in [-0.3, -0.25) is 4.65 Å². The molecule has 1 aliphatic rings. The molecule has 2 unspecified atom stereocenters. The van der Waals surface area contributed by atoms with Gasteiger partial charge >= 0.3 is 5.97 Å². The van der Waals surface area contributed by atoms with E-state index in [2.05, 4.69) is 43.5 Å². The van der Waals surface area contributed by atoms with Crippen LogP contribution >= 0.6 is 49.9 Å². The Morgan fingerprint density at radius 3 is 3.04 bits per heavy atom. The van der Waals surface area contributed by atoms with E-state index in [0.717, 1.165) is 7.36 Å². The summed E-state index contributed by atoms with van der Waals surface area (Å²) < 4.78 is 6.47. The van der Waals surface area contributed by atoms with E-state index in [0.29, 0.717) is 17.2 Å². The predicted octanol–water partition coefficient (Wildman–Crippen LogP) is 3.40. The van der Waals surface area contributed by atoms with Crippen molar-refractivity contribution in [1.82, 2.24) is 14.5 Å². The average molecular weight is 510 g/mol. The molecule has 122 valence electrons. The molecule has 0 radical (unpaired) electrons. The van der Waals surface area contributed by atoms with Crippen molar-refractivity contribution in [3.05, 3.63) is 48.6 Å². The highest BCUT2D eigenvalue weighted by Crippen LogP contribution is 2.36. The van der Waals surface area contributed by atoms with E-state index in [1.54, 1.807) is 24.4 Å². The summed E-state index contributed by atoms with van der Waals surface area (Å²) in [4.78, 5) is 18.4. The van der Waals surface area contributed by atoms with Gasteiger partial charge in [-0.2, -0.15) is 4.98 Å². The van der Waals surface area contributed by atoms with Gasteiger partial charge in [0.1, 0.15) is 6.67 Å². The maximum Gasteiger partial charge on any atom is 0.342 e. The van der Waals surface area contributed by atoms with Crippen molar-refractivity contribution in [2.45, 2.75) is 6.23 Å². The minimum Gasteiger partial charge on any atom is -0.622 e. The Kier molecular flexibility index (Phi) is 5.04. The van der Waals surface area contributed by atoms with Crippen LogP contribution < -0.4 is 4.65 Å². The monoisotopic (exact) mass is 509 g/mol. The van der Waals surface area contributed by atoms with Crippen LogP contribution in [0.5, 0.6) is 0 Å². The lowest BCUT2D eigenvalue weighted by atomic mass is 10.2. The van der Waals surface area contributed by atoms with Gasteiger partial charge in [-0.05, 0) is 75.1 Å². The van der Waals surface area contributed by atoms with Crippen molar-refractivity contribution in [2.75, 3.05) is 20.3 Å². The Labute approximate surface area is 159 Å². The summed E-state index contributed by atoms with van der Waals surface area (Å²) in [6.45, 7) is 0.570. The molecule has 1 saturated heterocycles. The normalized spacial score (nSPS) is 24.8. The molecule has 3 rings (SSSR count). The molecule has 6 nitrogen and oxygen atoms in total. The van der Waals surface area contributed by atoms with Crippen LogP contribution in [0.1, 0.15) is 10.4 Å². The molecular weight excluding hydrogens is 497 g/mol. The molecule has 2 heterocycles. The largest absolute Gasteiger partial charge is 0.622 e. The second kappa shape index (κ2) is 6.73. The van der Waals surface area contributed by atoms with E-state index >= 15 is 0 Å². The van der Waals surface area contributed by atoms with Crippen LogP contribution in [0, 0.1) is 8.78 Å². The van der Waals surface area contributed by atoms with E-state index < -0.39 is 16.8 Å². The topological polar surface area (TPSA) is 65.5 Å². The Hall–Kier alpha value is -0.590. The van der Waals surface area contributed by atoms with Gasteiger partial charge in [0.2, 0.25) is 0 Å². The number of esters is 1. The molecule has 1 aromatic heterocycles. The summed E-state index contributed by atoms with van der Waals surface area (Å²) in [5.74, 6) is -0.488. The molecule has 0 bridgehead atoms. The third-order valence-electron chi connectivity index (χ3n) is 3.48. The van der Waals surface area contributed by atoms with E-state index in [-0.39, 0.29) is 6.67 Å². The molecule has 0 aliphatic carbocycles. The number of aromatic nitrogens is 1. The molecule has 0 N–H and O–H groups in total. The van der Waals surface area contributed by atoms with Crippen LogP contribution in [0.4, 0.5) is 5.13 Å².